The lowest BCUT2D eigenvalue weighted by Gasteiger charge is -2.35. The zero-order chi connectivity index (χ0) is 28.0. The summed E-state index contributed by atoms with van der Waals surface area (Å²) in [5.74, 6) is -1.73. The number of carbonyl (C=O) groups excluding carboxylic acids is 3. The Kier molecular flexibility index (Phi) is 6.72. The van der Waals surface area contributed by atoms with Crippen molar-refractivity contribution in [1.82, 2.24) is 9.80 Å². The number of likely N-dealkylation sites (tertiary alicyclic amines) is 1. The molecule has 9 nitrogen and oxygen atoms in total. The number of anilines is 1. The number of aliphatic hydroxyl groups excluding tert-OH is 1. The van der Waals surface area contributed by atoms with Crippen LogP contribution in [0.1, 0.15) is 30.0 Å². The Hall–Kier alpha value is -3.95. The Morgan fingerprint density at radius 2 is 1.90 bits per heavy atom. The third-order valence-corrected chi connectivity index (χ3v) is 8.25. The van der Waals surface area contributed by atoms with Crippen LogP contribution < -0.4 is 9.64 Å². The molecule has 2 fully saturated rings. The molecule has 208 valence electrons. The van der Waals surface area contributed by atoms with Gasteiger partial charge in [0.1, 0.15) is 17.6 Å². The SMILES string of the molecule is C=CCN1C(=O)C2(/C(=C(/O)c3ccc4c(c3)CC(C)O4)C(=O)C(=O)N2CCCN2CCOCC2)c2ccccc21. The van der Waals surface area contributed by atoms with Crippen molar-refractivity contribution in [1.29, 1.82) is 0 Å². The maximum atomic E-state index is 14.5. The van der Waals surface area contributed by atoms with Crippen LogP contribution in [0.3, 0.4) is 0 Å². The molecule has 6 rings (SSSR count). The number of ketones is 1. The second-order valence-corrected chi connectivity index (χ2v) is 10.7. The predicted molar refractivity (Wildman–Crippen MR) is 149 cm³/mol. The molecule has 2 amide bonds. The number of para-hydroxylation sites is 1. The highest BCUT2D eigenvalue weighted by Crippen LogP contribution is 2.53. The number of morpholine rings is 1. The molecule has 4 heterocycles. The van der Waals surface area contributed by atoms with E-state index in [1.54, 1.807) is 42.5 Å². The molecule has 2 aromatic carbocycles. The molecule has 0 bridgehead atoms. The summed E-state index contributed by atoms with van der Waals surface area (Å²) in [6.07, 6.45) is 2.82. The Balaban J connectivity index is 1.48. The zero-order valence-electron chi connectivity index (χ0n) is 22.6. The molecule has 4 aliphatic heterocycles. The summed E-state index contributed by atoms with van der Waals surface area (Å²) in [5, 5.41) is 11.8. The summed E-state index contributed by atoms with van der Waals surface area (Å²) in [6, 6.07) is 12.4. The highest BCUT2D eigenvalue weighted by Gasteiger charge is 2.66. The molecule has 0 aromatic heterocycles. The first-order valence-electron chi connectivity index (χ1n) is 13.8. The molecule has 9 heteroatoms. The van der Waals surface area contributed by atoms with Gasteiger partial charge >= 0.3 is 0 Å². The van der Waals surface area contributed by atoms with Crippen molar-refractivity contribution in [2.24, 2.45) is 0 Å². The van der Waals surface area contributed by atoms with E-state index < -0.39 is 23.1 Å². The van der Waals surface area contributed by atoms with Crippen molar-refractivity contribution >= 4 is 29.0 Å². The number of rotatable bonds is 7. The Morgan fingerprint density at radius 3 is 2.67 bits per heavy atom. The van der Waals surface area contributed by atoms with E-state index >= 15 is 0 Å². The number of fused-ring (bicyclic) bond motifs is 3. The van der Waals surface area contributed by atoms with Gasteiger partial charge in [-0.25, -0.2) is 0 Å². The molecular formula is C31H33N3O6. The van der Waals surface area contributed by atoms with Gasteiger partial charge < -0.3 is 24.4 Å². The predicted octanol–water partition coefficient (Wildman–Crippen LogP) is 2.84. The van der Waals surface area contributed by atoms with Gasteiger partial charge in [0, 0.05) is 50.3 Å². The van der Waals surface area contributed by atoms with Crippen LogP contribution in [0.5, 0.6) is 5.75 Å². The van der Waals surface area contributed by atoms with Gasteiger partial charge in [-0.1, -0.05) is 24.3 Å². The van der Waals surface area contributed by atoms with E-state index in [9.17, 15) is 19.5 Å². The molecule has 0 aliphatic carbocycles. The number of hydrogen-bond acceptors (Lipinski definition) is 7. The smallest absolute Gasteiger partial charge is 0.296 e. The fraction of sp³-hybridized carbons (Fsp3) is 0.387. The largest absolute Gasteiger partial charge is 0.507 e. The van der Waals surface area contributed by atoms with Gasteiger partial charge in [-0.05, 0) is 43.2 Å². The lowest BCUT2D eigenvalue weighted by molar-refractivity contribution is -0.143. The van der Waals surface area contributed by atoms with Crippen LogP contribution in [0.15, 0.2) is 60.7 Å². The monoisotopic (exact) mass is 543 g/mol. The zero-order valence-corrected chi connectivity index (χ0v) is 22.6. The molecule has 2 aromatic rings. The average molecular weight is 544 g/mol. The third kappa shape index (κ3) is 3.95. The molecule has 1 N–H and O–H groups in total. The number of Topliss-reactive ketones (excluding diaryl/α,β-unsaturated/α-hetero) is 1. The minimum atomic E-state index is -1.77. The van der Waals surface area contributed by atoms with Gasteiger partial charge in [-0.3, -0.25) is 19.3 Å². The van der Waals surface area contributed by atoms with Gasteiger partial charge in [0.25, 0.3) is 17.6 Å². The molecular weight excluding hydrogens is 510 g/mol. The van der Waals surface area contributed by atoms with Crippen molar-refractivity contribution in [3.05, 3.63) is 77.4 Å². The van der Waals surface area contributed by atoms with Crippen molar-refractivity contribution in [2.45, 2.75) is 31.4 Å². The average Bonchev–Trinajstić information content (AvgIpc) is 3.53. The molecule has 2 saturated heterocycles. The highest BCUT2D eigenvalue weighted by molar-refractivity contribution is 6.50. The number of nitrogens with zero attached hydrogens (tertiary/aromatic N) is 3. The van der Waals surface area contributed by atoms with Crippen LogP contribution in [-0.2, 0) is 31.1 Å². The summed E-state index contributed by atoms with van der Waals surface area (Å²) < 4.78 is 11.2. The standard InChI is InChI=1S/C31H33N3O6/c1-3-11-33-24-8-5-4-7-23(24)31(30(33)38)26(27(35)21-9-10-25-22(19-21)18-20(2)40-25)28(36)29(37)34(31)13-6-12-32-14-16-39-17-15-32/h3-5,7-10,19-20,35H,1,6,11-18H2,2H3/b27-26+. The van der Waals surface area contributed by atoms with Gasteiger partial charge in [0.15, 0.2) is 5.54 Å². The molecule has 1 spiro atoms. The minimum absolute atomic E-state index is 0.00113. The summed E-state index contributed by atoms with van der Waals surface area (Å²) in [7, 11) is 0. The Labute approximate surface area is 233 Å². The summed E-state index contributed by atoms with van der Waals surface area (Å²) >= 11 is 0. The van der Waals surface area contributed by atoms with E-state index in [-0.39, 0.29) is 30.5 Å². The fourth-order valence-corrected chi connectivity index (χ4v) is 6.47. The van der Waals surface area contributed by atoms with Crippen LogP contribution >= 0.6 is 0 Å². The van der Waals surface area contributed by atoms with E-state index in [0.717, 1.165) is 24.4 Å². The molecule has 0 radical (unpaired) electrons. The number of hydrogen-bond donors (Lipinski definition) is 1. The van der Waals surface area contributed by atoms with Crippen molar-refractivity contribution in [3.8, 4) is 5.75 Å². The molecule has 40 heavy (non-hydrogen) atoms. The van der Waals surface area contributed by atoms with Gasteiger partial charge in [-0.15, -0.1) is 6.58 Å². The first-order chi connectivity index (χ1) is 19.4. The number of ether oxygens (including phenoxy) is 2. The van der Waals surface area contributed by atoms with Gasteiger partial charge in [-0.2, -0.15) is 0 Å². The van der Waals surface area contributed by atoms with Crippen LogP contribution in [0.4, 0.5) is 5.69 Å². The first-order valence-corrected chi connectivity index (χ1v) is 13.8. The quantitative estimate of drug-likeness (QED) is 0.248. The fourth-order valence-electron chi connectivity index (χ4n) is 6.47. The second-order valence-electron chi connectivity index (χ2n) is 10.7. The maximum absolute atomic E-state index is 14.5. The summed E-state index contributed by atoms with van der Waals surface area (Å²) in [5.41, 5.74) is 0.402. The minimum Gasteiger partial charge on any atom is -0.507 e. The van der Waals surface area contributed by atoms with E-state index in [1.165, 1.54) is 9.80 Å². The molecule has 2 atom stereocenters. The van der Waals surface area contributed by atoms with Crippen molar-refractivity contribution in [3.63, 3.8) is 0 Å². The van der Waals surface area contributed by atoms with Crippen molar-refractivity contribution < 1.29 is 29.0 Å². The number of aliphatic hydroxyl groups is 1. The normalized spacial score (nSPS) is 25.4. The lowest BCUT2D eigenvalue weighted by Crippen LogP contribution is -2.52. The Bertz CT molecular complexity index is 1430. The second kappa shape index (κ2) is 10.2. The maximum Gasteiger partial charge on any atom is 0.296 e. The molecule has 4 aliphatic rings. The topological polar surface area (TPSA) is 99.6 Å². The number of benzene rings is 2. The Morgan fingerprint density at radius 1 is 1.12 bits per heavy atom. The third-order valence-electron chi connectivity index (χ3n) is 8.25. The highest BCUT2D eigenvalue weighted by atomic mass is 16.5. The van der Waals surface area contributed by atoms with Gasteiger partial charge in [0.05, 0.1) is 24.5 Å². The van der Waals surface area contributed by atoms with E-state index in [1.807, 2.05) is 13.0 Å². The van der Waals surface area contributed by atoms with Gasteiger partial charge in [0.2, 0.25) is 0 Å². The van der Waals surface area contributed by atoms with Crippen LogP contribution in [0.25, 0.3) is 5.76 Å². The summed E-state index contributed by atoms with van der Waals surface area (Å²) in [4.78, 5) is 47.2. The molecule has 2 unspecified atom stereocenters. The van der Waals surface area contributed by atoms with E-state index in [2.05, 4.69) is 11.5 Å². The van der Waals surface area contributed by atoms with Crippen molar-refractivity contribution in [2.75, 3.05) is 50.8 Å². The van der Waals surface area contributed by atoms with Crippen LogP contribution in [-0.4, -0.2) is 84.5 Å². The van der Waals surface area contributed by atoms with Crippen LogP contribution in [0, 0.1) is 0 Å². The molecule has 0 saturated carbocycles. The summed E-state index contributed by atoms with van der Waals surface area (Å²) in [6.45, 7) is 9.72. The lowest BCUT2D eigenvalue weighted by atomic mass is 9.81. The number of amides is 2. The first kappa shape index (κ1) is 26.3. The van der Waals surface area contributed by atoms with E-state index in [0.29, 0.717) is 49.4 Å². The van der Waals surface area contributed by atoms with Crippen LogP contribution in [0.2, 0.25) is 0 Å². The number of carbonyl (C=O) groups is 3. The van der Waals surface area contributed by atoms with E-state index in [4.69, 9.17) is 9.47 Å².